The first kappa shape index (κ1) is 15.0. The minimum Gasteiger partial charge on any atom is -0.371 e. The van der Waals surface area contributed by atoms with Crippen molar-refractivity contribution < 1.29 is 9.18 Å². The van der Waals surface area contributed by atoms with Crippen LogP contribution in [0, 0.1) is 12.7 Å². The van der Waals surface area contributed by atoms with Gasteiger partial charge in [-0.25, -0.2) is 4.39 Å². The number of aryl methyl sites for hydroxylation is 2. The predicted octanol–water partition coefficient (Wildman–Crippen LogP) is 2.79. The molecule has 1 aromatic carbocycles. The molecule has 5 nitrogen and oxygen atoms in total. The average Bonchev–Trinajstić information content (AvgIpc) is 2.90. The summed E-state index contributed by atoms with van der Waals surface area (Å²) in [5.41, 5.74) is 1.77. The summed E-state index contributed by atoms with van der Waals surface area (Å²) in [6, 6.07) is 4.17. The molecule has 2 aromatic rings. The van der Waals surface area contributed by atoms with E-state index in [-0.39, 0.29) is 11.7 Å². The van der Waals surface area contributed by atoms with E-state index in [9.17, 15) is 9.18 Å². The number of hydrogen-bond donors (Lipinski definition) is 2. The third-order valence-electron chi connectivity index (χ3n) is 3.17. The number of hydrogen-bond acceptors (Lipinski definition) is 3. The number of rotatable bonds is 5. The second-order valence-electron chi connectivity index (χ2n) is 4.90. The number of amides is 1. The Morgan fingerprint density at radius 3 is 2.81 bits per heavy atom. The van der Waals surface area contributed by atoms with Crippen LogP contribution in [0.3, 0.4) is 0 Å². The van der Waals surface area contributed by atoms with Crippen molar-refractivity contribution in [2.75, 3.05) is 10.6 Å². The SMILES string of the molecule is CCn1cc(N[C@@H](C)C(=O)Nc2ccc(C)c(F)c2)cn1. The fourth-order valence-electron chi connectivity index (χ4n) is 1.85. The summed E-state index contributed by atoms with van der Waals surface area (Å²) in [6.07, 6.45) is 3.49. The number of halogens is 1. The van der Waals surface area contributed by atoms with Crippen LogP contribution in [-0.4, -0.2) is 21.7 Å². The van der Waals surface area contributed by atoms with Crippen LogP contribution < -0.4 is 10.6 Å². The Hall–Kier alpha value is -2.37. The zero-order chi connectivity index (χ0) is 15.4. The van der Waals surface area contributed by atoms with Gasteiger partial charge in [-0.2, -0.15) is 5.10 Å². The normalized spacial score (nSPS) is 12.0. The number of carbonyl (C=O) groups excluding carboxylic acids is 1. The summed E-state index contributed by atoms with van der Waals surface area (Å²) in [5, 5.41) is 9.86. The van der Waals surface area contributed by atoms with Crippen molar-refractivity contribution in [3.63, 3.8) is 0 Å². The molecule has 0 saturated heterocycles. The third-order valence-corrected chi connectivity index (χ3v) is 3.17. The lowest BCUT2D eigenvalue weighted by Gasteiger charge is -2.14. The highest BCUT2D eigenvalue weighted by Gasteiger charge is 2.14. The average molecular weight is 290 g/mol. The predicted molar refractivity (Wildman–Crippen MR) is 80.8 cm³/mol. The molecule has 0 radical (unpaired) electrons. The smallest absolute Gasteiger partial charge is 0.246 e. The Morgan fingerprint density at radius 1 is 1.43 bits per heavy atom. The molecule has 2 rings (SSSR count). The maximum atomic E-state index is 13.4. The number of anilines is 2. The van der Waals surface area contributed by atoms with Gasteiger partial charge in [0.25, 0.3) is 0 Å². The Balaban J connectivity index is 1.97. The molecule has 2 N–H and O–H groups in total. The van der Waals surface area contributed by atoms with Gasteiger partial charge in [0.2, 0.25) is 5.91 Å². The van der Waals surface area contributed by atoms with E-state index >= 15 is 0 Å². The van der Waals surface area contributed by atoms with Gasteiger partial charge in [0, 0.05) is 18.4 Å². The molecule has 0 saturated carbocycles. The van der Waals surface area contributed by atoms with Crippen molar-refractivity contribution >= 4 is 17.3 Å². The van der Waals surface area contributed by atoms with Crippen molar-refractivity contribution in [3.05, 3.63) is 42.0 Å². The molecule has 112 valence electrons. The Bertz CT molecular complexity index is 638. The second kappa shape index (κ2) is 6.39. The van der Waals surface area contributed by atoms with E-state index in [1.807, 2.05) is 13.1 Å². The summed E-state index contributed by atoms with van der Waals surface area (Å²) < 4.78 is 15.2. The molecule has 0 fully saturated rings. The van der Waals surface area contributed by atoms with E-state index in [4.69, 9.17) is 0 Å². The summed E-state index contributed by atoms with van der Waals surface area (Å²) in [7, 11) is 0. The van der Waals surface area contributed by atoms with Gasteiger partial charge >= 0.3 is 0 Å². The van der Waals surface area contributed by atoms with E-state index in [0.29, 0.717) is 11.3 Å². The monoisotopic (exact) mass is 290 g/mol. The van der Waals surface area contributed by atoms with E-state index in [2.05, 4.69) is 15.7 Å². The van der Waals surface area contributed by atoms with Crippen LogP contribution in [0.1, 0.15) is 19.4 Å². The number of benzene rings is 1. The van der Waals surface area contributed by atoms with Crippen LogP contribution in [0.25, 0.3) is 0 Å². The van der Waals surface area contributed by atoms with Crippen molar-refractivity contribution in [1.29, 1.82) is 0 Å². The van der Waals surface area contributed by atoms with Crippen LogP contribution in [0.5, 0.6) is 0 Å². The quantitative estimate of drug-likeness (QED) is 0.890. The van der Waals surface area contributed by atoms with Crippen LogP contribution in [0.15, 0.2) is 30.6 Å². The van der Waals surface area contributed by atoms with Gasteiger partial charge in [0.15, 0.2) is 0 Å². The van der Waals surface area contributed by atoms with Gasteiger partial charge in [-0.3, -0.25) is 9.48 Å². The lowest BCUT2D eigenvalue weighted by atomic mass is 10.2. The minimum absolute atomic E-state index is 0.234. The molecule has 1 heterocycles. The fraction of sp³-hybridized carbons (Fsp3) is 0.333. The van der Waals surface area contributed by atoms with E-state index in [1.54, 1.807) is 36.9 Å². The molecule has 1 amide bonds. The van der Waals surface area contributed by atoms with Crippen molar-refractivity contribution in [2.24, 2.45) is 0 Å². The minimum atomic E-state index is -0.455. The largest absolute Gasteiger partial charge is 0.371 e. The van der Waals surface area contributed by atoms with Crippen LogP contribution in [0.2, 0.25) is 0 Å². The highest BCUT2D eigenvalue weighted by atomic mass is 19.1. The molecule has 6 heteroatoms. The number of nitrogens with zero attached hydrogens (tertiary/aromatic N) is 2. The highest BCUT2D eigenvalue weighted by Crippen LogP contribution is 2.14. The second-order valence-corrected chi connectivity index (χ2v) is 4.90. The number of carbonyl (C=O) groups is 1. The maximum absolute atomic E-state index is 13.4. The Morgan fingerprint density at radius 2 is 2.19 bits per heavy atom. The number of aromatic nitrogens is 2. The van der Waals surface area contributed by atoms with Crippen LogP contribution in [-0.2, 0) is 11.3 Å². The molecule has 1 atom stereocenters. The van der Waals surface area contributed by atoms with Crippen molar-refractivity contribution in [3.8, 4) is 0 Å². The first-order valence-electron chi connectivity index (χ1n) is 6.85. The summed E-state index contributed by atoms with van der Waals surface area (Å²) in [4.78, 5) is 12.1. The molecule has 1 aromatic heterocycles. The first-order chi connectivity index (χ1) is 9.99. The first-order valence-corrected chi connectivity index (χ1v) is 6.85. The van der Waals surface area contributed by atoms with Crippen LogP contribution >= 0.6 is 0 Å². The third kappa shape index (κ3) is 3.81. The Labute approximate surface area is 123 Å². The molecular formula is C15H19FN4O. The van der Waals surface area contributed by atoms with Gasteiger partial charge in [-0.05, 0) is 38.5 Å². The lowest BCUT2D eigenvalue weighted by Crippen LogP contribution is -2.31. The molecule has 0 aliphatic heterocycles. The molecular weight excluding hydrogens is 271 g/mol. The standard InChI is InChI=1S/C15H19FN4O/c1-4-20-9-13(8-17-20)18-11(3)15(21)19-12-6-5-10(2)14(16)7-12/h5-9,11,18H,4H2,1-3H3,(H,19,21)/t11-/m0/s1. The van der Waals surface area contributed by atoms with Crippen molar-refractivity contribution in [1.82, 2.24) is 9.78 Å². The summed E-state index contributed by atoms with van der Waals surface area (Å²) >= 11 is 0. The molecule has 21 heavy (non-hydrogen) atoms. The zero-order valence-corrected chi connectivity index (χ0v) is 12.4. The fourth-order valence-corrected chi connectivity index (χ4v) is 1.85. The van der Waals surface area contributed by atoms with E-state index in [0.717, 1.165) is 12.2 Å². The van der Waals surface area contributed by atoms with Gasteiger partial charge in [0.1, 0.15) is 11.9 Å². The molecule has 0 unspecified atom stereocenters. The topological polar surface area (TPSA) is 59.0 Å². The van der Waals surface area contributed by atoms with E-state index < -0.39 is 6.04 Å². The summed E-state index contributed by atoms with van der Waals surface area (Å²) in [6.45, 7) is 6.17. The molecule has 0 aliphatic carbocycles. The van der Waals surface area contributed by atoms with Gasteiger partial charge < -0.3 is 10.6 Å². The Kier molecular flexibility index (Phi) is 4.57. The van der Waals surface area contributed by atoms with Gasteiger partial charge in [0.05, 0.1) is 11.9 Å². The zero-order valence-electron chi connectivity index (χ0n) is 12.4. The van der Waals surface area contributed by atoms with E-state index in [1.165, 1.54) is 6.07 Å². The molecule has 0 spiro atoms. The molecule has 0 aliphatic rings. The van der Waals surface area contributed by atoms with Crippen molar-refractivity contribution in [2.45, 2.75) is 33.4 Å². The maximum Gasteiger partial charge on any atom is 0.246 e. The number of nitrogens with one attached hydrogen (secondary N) is 2. The van der Waals surface area contributed by atoms with Crippen LogP contribution in [0.4, 0.5) is 15.8 Å². The highest BCUT2D eigenvalue weighted by molar-refractivity contribution is 5.96. The lowest BCUT2D eigenvalue weighted by molar-refractivity contribution is -0.116. The summed E-state index contributed by atoms with van der Waals surface area (Å²) in [5.74, 6) is -0.569. The molecule has 0 bridgehead atoms. The van der Waals surface area contributed by atoms with Gasteiger partial charge in [-0.1, -0.05) is 6.07 Å². The van der Waals surface area contributed by atoms with Gasteiger partial charge in [-0.15, -0.1) is 0 Å².